The fraction of sp³-hybridized carbons (Fsp3) is 0.462. The van der Waals surface area contributed by atoms with Crippen molar-refractivity contribution in [2.45, 2.75) is 19.8 Å². The minimum Gasteiger partial charge on any atom is -0.396 e. The van der Waals surface area contributed by atoms with E-state index in [0.29, 0.717) is 24.4 Å². The highest BCUT2D eigenvalue weighted by Crippen LogP contribution is 2.14. The molecule has 17 heavy (non-hydrogen) atoms. The Morgan fingerprint density at radius 1 is 1.53 bits per heavy atom. The third-order valence-corrected chi connectivity index (χ3v) is 2.75. The Morgan fingerprint density at radius 2 is 2.29 bits per heavy atom. The van der Waals surface area contributed by atoms with Crippen LogP contribution in [-0.4, -0.2) is 24.2 Å². The van der Waals surface area contributed by atoms with Crippen LogP contribution in [0.25, 0.3) is 0 Å². The molecule has 1 rings (SSSR count). The van der Waals surface area contributed by atoms with Crippen molar-refractivity contribution < 1.29 is 9.90 Å². The van der Waals surface area contributed by atoms with E-state index in [1.807, 2.05) is 31.2 Å². The first-order chi connectivity index (χ1) is 8.13. The van der Waals surface area contributed by atoms with Crippen molar-refractivity contribution in [1.29, 1.82) is 0 Å². The lowest BCUT2D eigenvalue weighted by Gasteiger charge is -2.12. The Hall–Kier alpha value is -1.06. The minimum atomic E-state index is -0.0906. The lowest BCUT2D eigenvalue weighted by atomic mass is 10.0. The van der Waals surface area contributed by atoms with E-state index in [1.165, 1.54) is 0 Å². The Bertz CT molecular complexity index is 368. The van der Waals surface area contributed by atoms with Crippen molar-refractivity contribution in [3.05, 3.63) is 34.9 Å². The summed E-state index contributed by atoms with van der Waals surface area (Å²) in [6, 6.07) is 7.54. The SMILES string of the molecule is CC(Cc1cccc(Cl)c1)C(=O)NCCCO. The number of hydrogen-bond donors (Lipinski definition) is 2. The van der Waals surface area contributed by atoms with Crippen LogP contribution in [0, 0.1) is 5.92 Å². The molecule has 0 aliphatic carbocycles. The smallest absolute Gasteiger partial charge is 0.223 e. The number of benzene rings is 1. The van der Waals surface area contributed by atoms with E-state index in [-0.39, 0.29) is 18.4 Å². The number of halogens is 1. The van der Waals surface area contributed by atoms with E-state index in [9.17, 15) is 4.79 Å². The van der Waals surface area contributed by atoms with Crippen LogP contribution in [0.3, 0.4) is 0 Å². The van der Waals surface area contributed by atoms with Gasteiger partial charge in [0.05, 0.1) is 0 Å². The first-order valence-electron chi connectivity index (χ1n) is 5.76. The number of carbonyl (C=O) groups is 1. The van der Waals surface area contributed by atoms with Gasteiger partial charge in [-0.15, -0.1) is 0 Å². The predicted molar refractivity (Wildman–Crippen MR) is 69.0 cm³/mol. The zero-order valence-electron chi connectivity index (χ0n) is 9.95. The maximum absolute atomic E-state index is 11.7. The summed E-state index contributed by atoms with van der Waals surface area (Å²) in [5.74, 6) is -0.0782. The molecule has 1 atom stereocenters. The molecule has 0 bridgehead atoms. The van der Waals surface area contributed by atoms with E-state index < -0.39 is 0 Å². The number of aliphatic hydroxyl groups excluding tert-OH is 1. The lowest BCUT2D eigenvalue weighted by Crippen LogP contribution is -2.31. The highest BCUT2D eigenvalue weighted by atomic mass is 35.5. The van der Waals surface area contributed by atoms with Gasteiger partial charge in [0, 0.05) is 24.1 Å². The second kappa shape index (κ2) is 7.30. The molecule has 0 saturated carbocycles. The number of nitrogens with one attached hydrogen (secondary N) is 1. The Balaban J connectivity index is 2.43. The largest absolute Gasteiger partial charge is 0.396 e. The molecule has 3 nitrogen and oxygen atoms in total. The molecule has 0 radical (unpaired) electrons. The highest BCUT2D eigenvalue weighted by Gasteiger charge is 2.12. The van der Waals surface area contributed by atoms with Crippen LogP contribution in [-0.2, 0) is 11.2 Å². The summed E-state index contributed by atoms with van der Waals surface area (Å²) in [5, 5.41) is 12.1. The molecule has 4 heteroatoms. The zero-order valence-corrected chi connectivity index (χ0v) is 10.7. The summed E-state index contributed by atoms with van der Waals surface area (Å²) in [6.45, 7) is 2.51. The maximum Gasteiger partial charge on any atom is 0.223 e. The van der Waals surface area contributed by atoms with Crippen molar-refractivity contribution in [3.63, 3.8) is 0 Å². The fourth-order valence-corrected chi connectivity index (χ4v) is 1.79. The zero-order chi connectivity index (χ0) is 12.7. The monoisotopic (exact) mass is 255 g/mol. The number of rotatable bonds is 6. The van der Waals surface area contributed by atoms with Crippen LogP contribution in [0.2, 0.25) is 5.02 Å². The highest BCUT2D eigenvalue weighted by molar-refractivity contribution is 6.30. The van der Waals surface area contributed by atoms with Gasteiger partial charge in [0.15, 0.2) is 0 Å². The molecule has 1 aromatic rings. The number of hydrogen-bond acceptors (Lipinski definition) is 2. The topological polar surface area (TPSA) is 49.3 Å². The van der Waals surface area contributed by atoms with E-state index >= 15 is 0 Å². The van der Waals surface area contributed by atoms with Crippen LogP contribution in [0.4, 0.5) is 0 Å². The number of amides is 1. The third kappa shape index (κ3) is 5.20. The molecule has 0 heterocycles. The average Bonchev–Trinajstić information content (AvgIpc) is 2.29. The van der Waals surface area contributed by atoms with Crippen LogP contribution in [0.5, 0.6) is 0 Å². The van der Waals surface area contributed by atoms with Crippen LogP contribution < -0.4 is 5.32 Å². The van der Waals surface area contributed by atoms with Crippen molar-refractivity contribution >= 4 is 17.5 Å². The molecule has 1 amide bonds. The molecule has 0 saturated heterocycles. The summed E-state index contributed by atoms with van der Waals surface area (Å²) < 4.78 is 0. The van der Waals surface area contributed by atoms with Crippen LogP contribution in [0.15, 0.2) is 24.3 Å². The van der Waals surface area contributed by atoms with E-state index in [1.54, 1.807) is 0 Å². The Labute approximate surface area is 107 Å². The van der Waals surface area contributed by atoms with E-state index in [2.05, 4.69) is 5.32 Å². The minimum absolute atomic E-state index is 0.0124. The van der Waals surface area contributed by atoms with Crippen LogP contribution >= 0.6 is 11.6 Å². The molecule has 1 aromatic carbocycles. The third-order valence-electron chi connectivity index (χ3n) is 2.51. The van der Waals surface area contributed by atoms with Crippen molar-refractivity contribution in [1.82, 2.24) is 5.32 Å². The van der Waals surface area contributed by atoms with E-state index in [0.717, 1.165) is 5.56 Å². The molecule has 0 aliphatic rings. The number of aliphatic hydroxyl groups is 1. The summed E-state index contributed by atoms with van der Waals surface area (Å²) in [4.78, 5) is 11.7. The lowest BCUT2D eigenvalue weighted by molar-refractivity contribution is -0.124. The van der Waals surface area contributed by atoms with Crippen LogP contribution in [0.1, 0.15) is 18.9 Å². The maximum atomic E-state index is 11.7. The molecular formula is C13H18ClNO2. The van der Waals surface area contributed by atoms with Gasteiger partial charge in [0.2, 0.25) is 5.91 Å². The first kappa shape index (κ1) is 14.0. The molecule has 0 spiro atoms. The summed E-state index contributed by atoms with van der Waals surface area (Å²) >= 11 is 5.88. The normalized spacial score (nSPS) is 12.2. The van der Waals surface area contributed by atoms with Crippen molar-refractivity contribution in [2.24, 2.45) is 5.92 Å². The second-order valence-electron chi connectivity index (χ2n) is 4.10. The molecule has 0 fully saturated rings. The second-order valence-corrected chi connectivity index (χ2v) is 4.54. The summed E-state index contributed by atoms with van der Waals surface area (Å²) in [5.41, 5.74) is 1.06. The first-order valence-corrected chi connectivity index (χ1v) is 6.14. The van der Waals surface area contributed by atoms with Gasteiger partial charge in [-0.2, -0.15) is 0 Å². The Kier molecular flexibility index (Phi) is 6.01. The van der Waals surface area contributed by atoms with Gasteiger partial charge in [-0.25, -0.2) is 0 Å². The van der Waals surface area contributed by atoms with Gasteiger partial charge in [-0.1, -0.05) is 30.7 Å². The molecule has 1 unspecified atom stereocenters. The average molecular weight is 256 g/mol. The van der Waals surface area contributed by atoms with Gasteiger partial charge >= 0.3 is 0 Å². The summed E-state index contributed by atoms with van der Waals surface area (Å²) in [6.07, 6.45) is 1.27. The van der Waals surface area contributed by atoms with Gasteiger partial charge in [0.25, 0.3) is 0 Å². The molecular weight excluding hydrogens is 238 g/mol. The predicted octanol–water partition coefficient (Wildman–Crippen LogP) is 2.02. The van der Waals surface area contributed by atoms with Gasteiger partial charge in [0.1, 0.15) is 0 Å². The summed E-state index contributed by atoms with van der Waals surface area (Å²) in [7, 11) is 0. The van der Waals surface area contributed by atoms with Gasteiger partial charge in [-0.3, -0.25) is 4.79 Å². The van der Waals surface area contributed by atoms with E-state index in [4.69, 9.17) is 16.7 Å². The fourth-order valence-electron chi connectivity index (χ4n) is 1.58. The van der Waals surface area contributed by atoms with Gasteiger partial charge < -0.3 is 10.4 Å². The molecule has 94 valence electrons. The van der Waals surface area contributed by atoms with Crippen molar-refractivity contribution in [2.75, 3.05) is 13.2 Å². The van der Waals surface area contributed by atoms with Gasteiger partial charge in [-0.05, 0) is 30.5 Å². The Morgan fingerprint density at radius 3 is 2.94 bits per heavy atom. The molecule has 0 aliphatic heterocycles. The quantitative estimate of drug-likeness (QED) is 0.764. The molecule has 2 N–H and O–H groups in total. The number of carbonyl (C=O) groups excluding carboxylic acids is 1. The standard InChI is InChI=1S/C13H18ClNO2/c1-10(13(17)15-6-3-7-16)8-11-4-2-5-12(14)9-11/h2,4-5,9-10,16H,3,6-8H2,1H3,(H,15,17). The van der Waals surface area contributed by atoms with Crippen molar-refractivity contribution in [3.8, 4) is 0 Å². The molecule has 0 aromatic heterocycles.